The normalized spacial score (nSPS) is 9.60. The predicted molar refractivity (Wildman–Crippen MR) is 56.4 cm³/mol. The molecule has 2 rings (SSSR count). The van der Waals surface area contributed by atoms with Gasteiger partial charge in [0.15, 0.2) is 5.82 Å². The fourth-order valence-corrected chi connectivity index (χ4v) is 1.15. The van der Waals surface area contributed by atoms with Gasteiger partial charge in [0.05, 0.1) is 0 Å². The third kappa shape index (κ3) is 2.37. The zero-order valence-electron chi connectivity index (χ0n) is 7.92. The number of amides is 1. The summed E-state index contributed by atoms with van der Waals surface area (Å²) >= 11 is 0. The second kappa shape index (κ2) is 4.32. The van der Waals surface area contributed by atoms with Crippen LogP contribution < -0.4 is 5.32 Å². The Morgan fingerprint density at radius 1 is 1.07 bits per heavy atom. The van der Waals surface area contributed by atoms with Gasteiger partial charge in [-0.2, -0.15) is 5.10 Å². The lowest BCUT2D eigenvalue weighted by atomic mass is 10.2. The first-order valence-electron chi connectivity index (χ1n) is 4.50. The minimum absolute atomic E-state index is 0.184. The number of hydrogen-bond acceptors (Lipinski definition) is 3. The van der Waals surface area contributed by atoms with Crippen molar-refractivity contribution in [2.75, 3.05) is 5.32 Å². The van der Waals surface area contributed by atoms with Crippen molar-refractivity contribution in [2.45, 2.75) is 0 Å². The molecule has 0 radical (unpaired) electrons. The number of carbonyl (C=O) groups is 1. The highest BCUT2D eigenvalue weighted by Gasteiger charge is 2.04. The van der Waals surface area contributed by atoms with Crippen LogP contribution in [0.3, 0.4) is 0 Å². The summed E-state index contributed by atoms with van der Waals surface area (Å²) in [6.45, 7) is 0. The van der Waals surface area contributed by atoms with Gasteiger partial charge in [-0.25, -0.2) is 0 Å². The highest BCUT2D eigenvalue weighted by molar-refractivity contribution is 6.03. The minimum Gasteiger partial charge on any atom is -0.305 e. The Balaban J connectivity index is 2.12. The van der Waals surface area contributed by atoms with E-state index in [1.807, 2.05) is 18.2 Å². The van der Waals surface area contributed by atoms with Crippen LogP contribution in [0.1, 0.15) is 10.4 Å². The molecule has 4 heteroatoms. The largest absolute Gasteiger partial charge is 0.305 e. The van der Waals surface area contributed by atoms with Crippen LogP contribution in [0.25, 0.3) is 0 Å². The highest BCUT2D eigenvalue weighted by atomic mass is 16.1. The fraction of sp³-hybridized carbons (Fsp3) is 0. The molecule has 0 aliphatic rings. The van der Waals surface area contributed by atoms with E-state index in [0.29, 0.717) is 11.4 Å². The first-order chi connectivity index (χ1) is 7.36. The maximum Gasteiger partial charge on any atom is 0.256 e. The molecule has 0 atom stereocenters. The molecule has 0 saturated carbocycles. The summed E-state index contributed by atoms with van der Waals surface area (Å²) in [4.78, 5) is 11.6. The monoisotopic (exact) mass is 199 g/mol. The highest BCUT2D eigenvalue weighted by Crippen LogP contribution is 2.03. The van der Waals surface area contributed by atoms with E-state index in [0.717, 1.165) is 0 Å². The van der Waals surface area contributed by atoms with Crippen molar-refractivity contribution in [3.63, 3.8) is 0 Å². The molecule has 1 aromatic carbocycles. The van der Waals surface area contributed by atoms with Crippen LogP contribution in [0.4, 0.5) is 5.82 Å². The molecule has 0 bridgehead atoms. The molecule has 1 heterocycles. The first kappa shape index (κ1) is 9.33. The molecule has 0 aliphatic carbocycles. The zero-order chi connectivity index (χ0) is 10.5. The molecule has 4 nitrogen and oxygen atoms in total. The number of carbonyl (C=O) groups excluding carboxylic acids is 1. The van der Waals surface area contributed by atoms with Gasteiger partial charge in [0.2, 0.25) is 0 Å². The SMILES string of the molecule is O=C(Nc1cccnn1)c1ccccc1. The summed E-state index contributed by atoms with van der Waals surface area (Å²) in [5.41, 5.74) is 0.600. The van der Waals surface area contributed by atoms with Crippen LogP contribution in [0.2, 0.25) is 0 Å². The molecule has 0 unspecified atom stereocenters. The molecule has 1 amide bonds. The van der Waals surface area contributed by atoms with E-state index in [1.165, 1.54) is 0 Å². The van der Waals surface area contributed by atoms with E-state index in [-0.39, 0.29) is 5.91 Å². The topological polar surface area (TPSA) is 54.9 Å². The van der Waals surface area contributed by atoms with Crippen LogP contribution in [0.15, 0.2) is 48.7 Å². The second-order valence-electron chi connectivity index (χ2n) is 2.93. The number of nitrogens with one attached hydrogen (secondary N) is 1. The molecule has 74 valence electrons. The lowest BCUT2D eigenvalue weighted by Crippen LogP contribution is -2.12. The van der Waals surface area contributed by atoms with E-state index in [2.05, 4.69) is 15.5 Å². The van der Waals surface area contributed by atoms with Crippen molar-refractivity contribution >= 4 is 11.7 Å². The Bertz CT molecular complexity index is 442. The van der Waals surface area contributed by atoms with Gasteiger partial charge in [-0.15, -0.1) is 5.10 Å². The first-order valence-corrected chi connectivity index (χ1v) is 4.50. The van der Waals surface area contributed by atoms with E-state index < -0.39 is 0 Å². The van der Waals surface area contributed by atoms with Gasteiger partial charge in [0, 0.05) is 11.8 Å². The number of benzene rings is 1. The maximum absolute atomic E-state index is 11.6. The number of anilines is 1. The Hall–Kier alpha value is -2.23. The average molecular weight is 199 g/mol. The summed E-state index contributed by atoms with van der Waals surface area (Å²) < 4.78 is 0. The Morgan fingerprint density at radius 3 is 2.53 bits per heavy atom. The fourth-order valence-electron chi connectivity index (χ4n) is 1.15. The second-order valence-corrected chi connectivity index (χ2v) is 2.93. The van der Waals surface area contributed by atoms with Crippen molar-refractivity contribution < 1.29 is 4.79 Å². The number of hydrogen-bond donors (Lipinski definition) is 1. The Labute approximate surface area is 87.0 Å². The van der Waals surface area contributed by atoms with E-state index >= 15 is 0 Å². The molecule has 15 heavy (non-hydrogen) atoms. The standard InChI is InChI=1S/C11H9N3O/c15-11(9-5-2-1-3-6-9)13-10-7-4-8-12-14-10/h1-8H,(H,13,14,15). The molecule has 0 fully saturated rings. The lowest BCUT2D eigenvalue weighted by Gasteiger charge is -2.02. The van der Waals surface area contributed by atoms with Crippen molar-refractivity contribution in [1.82, 2.24) is 10.2 Å². The molecule has 0 spiro atoms. The van der Waals surface area contributed by atoms with Crippen molar-refractivity contribution in [3.8, 4) is 0 Å². The summed E-state index contributed by atoms with van der Waals surface area (Å²) in [7, 11) is 0. The van der Waals surface area contributed by atoms with Crippen LogP contribution in [-0.4, -0.2) is 16.1 Å². The molecule has 1 aromatic heterocycles. The van der Waals surface area contributed by atoms with Gasteiger partial charge in [0.25, 0.3) is 5.91 Å². The minimum atomic E-state index is -0.184. The number of nitrogens with zero attached hydrogens (tertiary/aromatic N) is 2. The van der Waals surface area contributed by atoms with E-state index in [9.17, 15) is 4.79 Å². The molecule has 2 aromatic rings. The van der Waals surface area contributed by atoms with Crippen LogP contribution in [0, 0.1) is 0 Å². The summed E-state index contributed by atoms with van der Waals surface area (Å²) in [5.74, 6) is 0.266. The number of rotatable bonds is 2. The van der Waals surface area contributed by atoms with Crippen molar-refractivity contribution in [1.29, 1.82) is 0 Å². The van der Waals surface area contributed by atoms with Crippen LogP contribution >= 0.6 is 0 Å². The zero-order valence-corrected chi connectivity index (χ0v) is 7.92. The van der Waals surface area contributed by atoms with Gasteiger partial charge in [-0.3, -0.25) is 4.79 Å². The Kier molecular flexibility index (Phi) is 2.69. The third-order valence-electron chi connectivity index (χ3n) is 1.85. The molecule has 0 aliphatic heterocycles. The smallest absolute Gasteiger partial charge is 0.256 e. The van der Waals surface area contributed by atoms with E-state index in [4.69, 9.17) is 0 Å². The van der Waals surface area contributed by atoms with Crippen molar-refractivity contribution in [2.24, 2.45) is 0 Å². The predicted octanol–water partition coefficient (Wildman–Crippen LogP) is 1.73. The molecular weight excluding hydrogens is 190 g/mol. The summed E-state index contributed by atoms with van der Waals surface area (Å²) in [5, 5.41) is 10.1. The maximum atomic E-state index is 11.6. The van der Waals surface area contributed by atoms with Crippen LogP contribution in [-0.2, 0) is 0 Å². The summed E-state index contributed by atoms with van der Waals surface area (Å²) in [6.07, 6.45) is 1.55. The van der Waals surface area contributed by atoms with Gasteiger partial charge in [-0.05, 0) is 24.3 Å². The van der Waals surface area contributed by atoms with Gasteiger partial charge in [-0.1, -0.05) is 18.2 Å². The van der Waals surface area contributed by atoms with Gasteiger partial charge < -0.3 is 5.32 Å². The van der Waals surface area contributed by atoms with Crippen LogP contribution in [0.5, 0.6) is 0 Å². The van der Waals surface area contributed by atoms with E-state index in [1.54, 1.807) is 30.5 Å². The molecule has 0 saturated heterocycles. The average Bonchev–Trinajstić information content (AvgIpc) is 2.31. The Morgan fingerprint density at radius 2 is 1.87 bits per heavy atom. The lowest BCUT2D eigenvalue weighted by molar-refractivity contribution is 0.102. The molecular formula is C11H9N3O. The third-order valence-corrected chi connectivity index (χ3v) is 1.85. The number of aromatic nitrogens is 2. The van der Waals surface area contributed by atoms with Crippen molar-refractivity contribution in [3.05, 3.63) is 54.2 Å². The van der Waals surface area contributed by atoms with Gasteiger partial charge in [0.1, 0.15) is 0 Å². The molecule has 1 N–H and O–H groups in total. The quantitative estimate of drug-likeness (QED) is 0.801. The van der Waals surface area contributed by atoms with Gasteiger partial charge >= 0.3 is 0 Å². The summed E-state index contributed by atoms with van der Waals surface area (Å²) in [6, 6.07) is 12.4.